The van der Waals surface area contributed by atoms with Crippen LogP contribution in [-0.4, -0.2) is 6.79 Å². The molecule has 1 aliphatic heterocycles. The van der Waals surface area contributed by atoms with E-state index < -0.39 is 0 Å². The average Bonchev–Trinajstić information content (AvgIpc) is 2.75. The highest BCUT2D eigenvalue weighted by molar-refractivity contribution is 5.47. The zero-order chi connectivity index (χ0) is 13.6. The summed E-state index contributed by atoms with van der Waals surface area (Å²) < 4.78 is 10.9. The molecule has 2 aliphatic carbocycles. The molecule has 4 rings (SSSR count). The van der Waals surface area contributed by atoms with Gasteiger partial charge < -0.3 is 15.2 Å². The van der Waals surface area contributed by atoms with Gasteiger partial charge in [0.15, 0.2) is 11.5 Å². The van der Waals surface area contributed by atoms with E-state index in [4.69, 9.17) is 15.2 Å². The number of hydrogen-bond acceptors (Lipinski definition) is 3. The molecule has 0 bridgehead atoms. The minimum atomic E-state index is -0.148. The van der Waals surface area contributed by atoms with Gasteiger partial charge in [-0.2, -0.15) is 0 Å². The molecule has 2 N–H and O–H groups in total. The molecule has 3 heteroatoms. The minimum Gasteiger partial charge on any atom is -0.454 e. The molecule has 0 saturated heterocycles. The van der Waals surface area contributed by atoms with Crippen LogP contribution in [0.3, 0.4) is 0 Å². The van der Waals surface area contributed by atoms with Gasteiger partial charge in [-0.25, -0.2) is 0 Å². The van der Waals surface area contributed by atoms with Crippen LogP contribution in [0.1, 0.15) is 56.9 Å². The number of hydrogen-bond donors (Lipinski definition) is 1. The summed E-state index contributed by atoms with van der Waals surface area (Å²) in [5.41, 5.74) is 8.28. The maximum Gasteiger partial charge on any atom is 0.231 e. The third-order valence-corrected chi connectivity index (χ3v) is 5.49. The predicted molar refractivity (Wildman–Crippen MR) is 77.8 cm³/mol. The first-order chi connectivity index (χ1) is 9.69. The lowest BCUT2D eigenvalue weighted by Crippen LogP contribution is -2.55. The van der Waals surface area contributed by atoms with Gasteiger partial charge in [-0.05, 0) is 48.8 Å². The Morgan fingerprint density at radius 2 is 1.60 bits per heavy atom. The quantitative estimate of drug-likeness (QED) is 0.848. The molecule has 3 nitrogen and oxygen atoms in total. The Hall–Kier alpha value is -1.22. The molecule has 20 heavy (non-hydrogen) atoms. The summed E-state index contributed by atoms with van der Waals surface area (Å²) in [6.45, 7) is 0.334. The smallest absolute Gasteiger partial charge is 0.231 e. The summed E-state index contributed by atoms with van der Waals surface area (Å²) in [5, 5.41) is 0. The average molecular weight is 273 g/mol. The molecule has 1 aromatic rings. The summed E-state index contributed by atoms with van der Waals surface area (Å²) in [4.78, 5) is 0. The lowest BCUT2D eigenvalue weighted by molar-refractivity contribution is 0.00954. The molecule has 1 spiro atoms. The van der Waals surface area contributed by atoms with Crippen LogP contribution in [0.2, 0.25) is 0 Å². The SMILES string of the molecule is NC1(c2ccc3c(c2)OCO3)CC2(CCCCCC2)C1. The number of ether oxygens (including phenoxy) is 2. The second kappa shape index (κ2) is 4.39. The lowest BCUT2D eigenvalue weighted by atomic mass is 9.52. The van der Waals surface area contributed by atoms with Crippen molar-refractivity contribution in [1.82, 2.24) is 0 Å². The highest BCUT2D eigenvalue weighted by Crippen LogP contribution is 2.59. The Balaban J connectivity index is 1.54. The first-order valence-corrected chi connectivity index (χ1v) is 7.88. The Bertz CT molecular complexity index is 510. The summed E-state index contributed by atoms with van der Waals surface area (Å²) in [6, 6.07) is 6.22. The van der Waals surface area contributed by atoms with E-state index in [2.05, 4.69) is 12.1 Å². The van der Waals surface area contributed by atoms with Gasteiger partial charge in [0.1, 0.15) is 0 Å². The molecule has 0 radical (unpaired) electrons. The molecule has 0 unspecified atom stereocenters. The summed E-state index contributed by atoms with van der Waals surface area (Å²) >= 11 is 0. The third kappa shape index (κ3) is 1.91. The molecule has 1 aromatic carbocycles. The van der Waals surface area contributed by atoms with Crippen molar-refractivity contribution in [2.75, 3.05) is 6.79 Å². The van der Waals surface area contributed by atoms with Crippen molar-refractivity contribution in [1.29, 1.82) is 0 Å². The highest BCUT2D eigenvalue weighted by Gasteiger charge is 2.52. The molecule has 0 atom stereocenters. The third-order valence-electron chi connectivity index (χ3n) is 5.49. The molecule has 0 aromatic heterocycles. The number of benzene rings is 1. The fourth-order valence-electron chi connectivity index (χ4n) is 4.53. The van der Waals surface area contributed by atoms with Crippen LogP contribution in [0.4, 0.5) is 0 Å². The zero-order valence-corrected chi connectivity index (χ0v) is 12.0. The van der Waals surface area contributed by atoms with Gasteiger partial charge in [0.25, 0.3) is 0 Å². The molecule has 2 fully saturated rings. The minimum absolute atomic E-state index is 0.148. The zero-order valence-electron chi connectivity index (χ0n) is 12.0. The largest absolute Gasteiger partial charge is 0.454 e. The van der Waals surface area contributed by atoms with Crippen molar-refractivity contribution in [3.05, 3.63) is 23.8 Å². The van der Waals surface area contributed by atoms with E-state index in [0.29, 0.717) is 12.2 Å². The number of nitrogens with two attached hydrogens (primary N) is 1. The predicted octanol–water partition coefficient (Wildman–Crippen LogP) is 3.70. The molecule has 3 aliphatic rings. The van der Waals surface area contributed by atoms with Gasteiger partial charge >= 0.3 is 0 Å². The summed E-state index contributed by atoms with van der Waals surface area (Å²) in [7, 11) is 0. The number of fused-ring (bicyclic) bond motifs is 1. The van der Waals surface area contributed by atoms with Gasteiger partial charge in [-0.3, -0.25) is 0 Å². The van der Waals surface area contributed by atoms with Crippen LogP contribution in [0.15, 0.2) is 18.2 Å². The van der Waals surface area contributed by atoms with Crippen LogP contribution in [-0.2, 0) is 5.54 Å². The Morgan fingerprint density at radius 1 is 0.900 bits per heavy atom. The van der Waals surface area contributed by atoms with Crippen molar-refractivity contribution in [2.45, 2.75) is 56.9 Å². The van der Waals surface area contributed by atoms with Crippen LogP contribution < -0.4 is 15.2 Å². The van der Waals surface area contributed by atoms with Gasteiger partial charge in [0.05, 0.1) is 0 Å². The van der Waals surface area contributed by atoms with Crippen LogP contribution in [0.5, 0.6) is 11.5 Å². The van der Waals surface area contributed by atoms with Gasteiger partial charge in [0, 0.05) is 5.54 Å². The van der Waals surface area contributed by atoms with Crippen molar-refractivity contribution in [3.8, 4) is 11.5 Å². The Kier molecular flexibility index (Phi) is 2.75. The molecule has 2 saturated carbocycles. The van der Waals surface area contributed by atoms with E-state index in [1.165, 1.54) is 44.1 Å². The maximum atomic E-state index is 6.68. The molecular formula is C17H23NO2. The van der Waals surface area contributed by atoms with Gasteiger partial charge in [-0.1, -0.05) is 31.7 Å². The Morgan fingerprint density at radius 3 is 2.35 bits per heavy atom. The Labute approximate surface area is 120 Å². The topological polar surface area (TPSA) is 44.5 Å². The van der Waals surface area contributed by atoms with Gasteiger partial charge in [0.2, 0.25) is 6.79 Å². The monoisotopic (exact) mass is 273 g/mol. The molecule has 0 amide bonds. The maximum absolute atomic E-state index is 6.68. The van der Waals surface area contributed by atoms with E-state index in [0.717, 1.165) is 24.3 Å². The van der Waals surface area contributed by atoms with E-state index >= 15 is 0 Å². The van der Waals surface area contributed by atoms with Crippen molar-refractivity contribution in [3.63, 3.8) is 0 Å². The highest BCUT2D eigenvalue weighted by atomic mass is 16.7. The number of rotatable bonds is 1. The summed E-state index contributed by atoms with van der Waals surface area (Å²) in [5.74, 6) is 1.70. The first kappa shape index (κ1) is 12.5. The van der Waals surface area contributed by atoms with Gasteiger partial charge in [-0.15, -0.1) is 0 Å². The van der Waals surface area contributed by atoms with Crippen molar-refractivity contribution < 1.29 is 9.47 Å². The standard InChI is InChI=1S/C17H23NO2/c18-17(10-16(11-17)7-3-1-2-4-8-16)13-5-6-14-15(9-13)20-12-19-14/h5-6,9H,1-4,7-8,10-12,18H2. The van der Waals surface area contributed by atoms with Crippen molar-refractivity contribution in [2.24, 2.45) is 11.1 Å². The van der Waals surface area contributed by atoms with Crippen molar-refractivity contribution >= 4 is 0 Å². The lowest BCUT2D eigenvalue weighted by Gasteiger charge is -2.55. The molecular weight excluding hydrogens is 250 g/mol. The van der Waals surface area contributed by atoms with E-state index in [9.17, 15) is 0 Å². The second-order valence-electron chi connectivity index (χ2n) is 6.99. The van der Waals surface area contributed by atoms with E-state index in [1.807, 2.05) is 6.07 Å². The molecule has 1 heterocycles. The normalized spacial score (nSPS) is 26.1. The summed E-state index contributed by atoms with van der Waals surface area (Å²) in [6.07, 6.45) is 10.6. The van der Waals surface area contributed by atoms with Crippen LogP contribution in [0.25, 0.3) is 0 Å². The second-order valence-corrected chi connectivity index (χ2v) is 6.99. The van der Waals surface area contributed by atoms with E-state index in [-0.39, 0.29) is 5.54 Å². The fourth-order valence-corrected chi connectivity index (χ4v) is 4.53. The molecule has 108 valence electrons. The van der Waals surface area contributed by atoms with E-state index in [1.54, 1.807) is 0 Å². The van der Waals surface area contributed by atoms with Crippen LogP contribution in [0, 0.1) is 5.41 Å². The first-order valence-electron chi connectivity index (χ1n) is 7.88. The van der Waals surface area contributed by atoms with Crippen LogP contribution >= 0.6 is 0 Å². The fraction of sp³-hybridized carbons (Fsp3) is 0.647.